The van der Waals surface area contributed by atoms with Crippen LogP contribution in [0.5, 0.6) is 0 Å². The Kier molecular flexibility index (Phi) is 3.47. The van der Waals surface area contributed by atoms with E-state index in [0.29, 0.717) is 6.04 Å². The molecule has 0 unspecified atom stereocenters. The van der Waals surface area contributed by atoms with Gasteiger partial charge < -0.3 is 0 Å². The van der Waals surface area contributed by atoms with Gasteiger partial charge in [-0.2, -0.15) is 0 Å². The van der Waals surface area contributed by atoms with Crippen molar-refractivity contribution in [1.29, 1.82) is 0 Å². The van der Waals surface area contributed by atoms with Crippen molar-refractivity contribution in [3.8, 4) is 0 Å². The second-order valence-electron chi connectivity index (χ2n) is 4.85. The number of hydrogen-bond donors (Lipinski definition) is 0. The van der Waals surface area contributed by atoms with Crippen LogP contribution in [0.15, 0.2) is 11.0 Å². The third-order valence-electron chi connectivity index (χ3n) is 2.72. The standard InChI is InChI=1S/C11H23NS/c1-10(2)12-8-6-11(7-9-12)13(3,4)5/h6,10H,7-9H2,1-5H3. The average Bonchev–Trinajstić information content (AvgIpc) is 2.03. The first kappa shape index (κ1) is 11.1. The van der Waals surface area contributed by atoms with Crippen LogP contribution in [0.25, 0.3) is 0 Å². The Balaban J connectivity index is 2.58. The van der Waals surface area contributed by atoms with Crippen molar-refractivity contribution in [2.24, 2.45) is 0 Å². The van der Waals surface area contributed by atoms with Crippen LogP contribution < -0.4 is 0 Å². The maximum absolute atomic E-state index is 2.54. The Labute approximate surface area is 84.5 Å². The summed E-state index contributed by atoms with van der Waals surface area (Å²) in [5.74, 6) is 0. The molecule has 2 heteroatoms. The molecule has 0 amide bonds. The molecule has 0 N–H and O–H groups in total. The van der Waals surface area contributed by atoms with Gasteiger partial charge in [-0.3, -0.25) is 4.90 Å². The van der Waals surface area contributed by atoms with Crippen molar-refractivity contribution in [2.45, 2.75) is 26.3 Å². The van der Waals surface area contributed by atoms with Crippen LogP contribution in [-0.2, 0) is 0 Å². The normalized spacial score (nSPS) is 21.8. The quantitative estimate of drug-likeness (QED) is 0.664. The summed E-state index contributed by atoms with van der Waals surface area (Å²) in [6, 6.07) is 0.702. The largest absolute Gasteiger partial charge is 0.297 e. The molecule has 1 nitrogen and oxygen atoms in total. The summed E-state index contributed by atoms with van der Waals surface area (Å²) in [6.07, 6.45) is 10.9. The maximum Gasteiger partial charge on any atom is 0.0176 e. The molecule has 13 heavy (non-hydrogen) atoms. The van der Waals surface area contributed by atoms with Crippen LogP contribution in [0.3, 0.4) is 0 Å². The molecule has 0 saturated heterocycles. The third kappa shape index (κ3) is 3.03. The first-order chi connectivity index (χ1) is 5.91. The number of hydrogen-bond acceptors (Lipinski definition) is 1. The van der Waals surface area contributed by atoms with E-state index in [0.717, 1.165) is 6.54 Å². The number of nitrogens with zero attached hydrogens (tertiary/aromatic N) is 1. The predicted molar refractivity (Wildman–Crippen MR) is 64.8 cm³/mol. The lowest BCUT2D eigenvalue weighted by atomic mass is 10.2. The highest BCUT2D eigenvalue weighted by atomic mass is 32.3. The fourth-order valence-corrected chi connectivity index (χ4v) is 2.97. The van der Waals surface area contributed by atoms with Crippen LogP contribution in [0.1, 0.15) is 20.3 Å². The Bertz CT molecular complexity index is 201. The highest BCUT2D eigenvalue weighted by Crippen LogP contribution is 2.47. The van der Waals surface area contributed by atoms with E-state index in [1.165, 1.54) is 13.0 Å². The molecule has 1 aliphatic rings. The van der Waals surface area contributed by atoms with Crippen molar-refractivity contribution >= 4 is 10.0 Å². The van der Waals surface area contributed by atoms with Gasteiger partial charge >= 0.3 is 0 Å². The topological polar surface area (TPSA) is 3.24 Å². The molecule has 0 spiro atoms. The second-order valence-corrected chi connectivity index (χ2v) is 9.04. The molecule has 0 aromatic heterocycles. The minimum atomic E-state index is -0.441. The number of rotatable bonds is 2. The first-order valence-electron chi connectivity index (χ1n) is 5.02. The highest BCUT2D eigenvalue weighted by Gasteiger charge is 2.18. The molecule has 0 saturated carbocycles. The van der Waals surface area contributed by atoms with Gasteiger partial charge in [0, 0.05) is 19.1 Å². The van der Waals surface area contributed by atoms with E-state index in [4.69, 9.17) is 0 Å². The summed E-state index contributed by atoms with van der Waals surface area (Å²) in [5.41, 5.74) is 0. The third-order valence-corrected chi connectivity index (χ3v) is 4.66. The SMILES string of the molecule is CC(C)N1CC=C(S(C)(C)C)CC1. The Hall–Kier alpha value is 0.0500. The molecule has 0 aromatic rings. The van der Waals surface area contributed by atoms with E-state index >= 15 is 0 Å². The summed E-state index contributed by atoms with van der Waals surface area (Å²) < 4.78 is 0. The summed E-state index contributed by atoms with van der Waals surface area (Å²) in [4.78, 5) is 4.25. The van der Waals surface area contributed by atoms with Crippen LogP contribution in [-0.4, -0.2) is 42.8 Å². The van der Waals surface area contributed by atoms with Crippen LogP contribution in [0.4, 0.5) is 0 Å². The smallest absolute Gasteiger partial charge is 0.0176 e. The van der Waals surface area contributed by atoms with Gasteiger partial charge in [0.15, 0.2) is 0 Å². The fraction of sp³-hybridized carbons (Fsp3) is 0.818. The molecular formula is C11H23NS. The Morgan fingerprint density at radius 2 is 1.92 bits per heavy atom. The van der Waals surface area contributed by atoms with Gasteiger partial charge in [-0.25, -0.2) is 10.0 Å². The average molecular weight is 201 g/mol. The Morgan fingerprint density at radius 3 is 2.23 bits per heavy atom. The van der Waals surface area contributed by atoms with Gasteiger partial charge in [-0.15, -0.1) is 0 Å². The zero-order valence-electron chi connectivity index (χ0n) is 9.63. The van der Waals surface area contributed by atoms with Crippen LogP contribution in [0, 0.1) is 0 Å². The van der Waals surface area contributed by atoms with E-state index in [1.807, 2.05) is 0 Å². The van der Waals surface area contributed by atoms with E-state index in [1.54, 1.807) is 4.91 Å². The van der Waals surface area contributed by atoms with Crippen molar-refractivity contribution in [3.05, 3.63) is 11.0 Å². The van der Waals surface area contributed by atoms with Crippen molar-refractivity contribution in [3.63, 3.8) is 0 Å². The first-order valence-corrected chi connectivity index (χ1v) is 7.88. The lowest BCUT2D eigenvalue weighted by molar-refractivity contribution is 0.241. The van der Waals surface area contributed by atoms with Crippen molar-refractivity contribution < 1.29 is 0 Å². The summed E-state index contributed by atoms with van der Waals surface area (Å²) in [5, 5.41) is 0. The monoisotopic (exact) mass is 201 g/mol. The minimum absolute atomic E-state index is 0.441. The predicted octanol–water partition coefficient (Wildman–Crippen LogP) is 2.68. The molecule has 0 bridgehead atoms. The van der Waals surface area contributed by atoms with E-state index < -0.39 is 10.0 Å². The van der Waals surface area contributed by atoms with Crippen molar-refractivity contribution in [2.75, 3.05) is 31.9 Å². The van der Waals surface area contributed by atoms with Gasteiger partial charge in [0.1, 0.15) is 0 Å². The molecular weight excluding hydrogens is 178 g/mol. The van der Waals surface area contributed by atoms with Crippen LogP contribution in [0.2, 0.25) is 0 Å². The molecule has 0 radical (unpaired) electrons. The molecule has 1 rings (SSSR count). The maximum atomic E-state index is 2.54. The lowest BCUT2D eigenvalue weighted by Crippen LogP contribution is -2.35. The molecule has 78 valence electrons. The van der Waals surface area contributed by atoms with Crippen LogP contribution >= 0.6 is 10.0 Å². The zero-order valence-corrected chi connectivity index (χ0v) is 10.4. The zero-order chi connectivity index (χ0) is 10.1. The molecule has 1 aliphatic heterocycles. The van der Waals surface area contributed by atoms with Gasteiger partial charge in [-0.1, -0.05) is 6.08 Å². The minimum Gasteiger partial charge on any atom is -0.297 e. The van der Waals surface area contributed by atoms with E-state index in [-0.39, 0.29) is 0 Å². The molecule has 0 atom stereocenters. The molecule has 0 aliphatic carbocycles. The van der Waals surface area contributed by atoms with E-state index in [2.05, 4.69) is 43.6 Å². The van der Waals surface area contributed by atoms with E-state index in [9.17, 15) is 0 Å². The summed E-state index contributed by atoms with van der Waals surface area (Å²) >= 11 is 0. The van der Waals surface area contributed by atoms with Gasteiger partial charge in [0.2, 0.25) is 0 Å². The molecule has 0 fully saturated rings. The summed E-state index contributed by atoms with van der Waals surface area (Å²) in [6.45, 7) is 6.98. The molecule has 0 aromatic carbocycles. The van der Waals surface area contributed by atoms with Crippen molar-refractivity contribution in [1.82, 2.24) is 4.90 Å². The molecule has 1 heterocycles. The van der Waals surface area contributed by atoms with Gasteiger partial charge in [-0.05, 0) is 43.9 Å². The highest BCUT2D eigenvalue weighted by molar-refractivity contribution is 8.35. The fourth-order valence-electron chi connectivity index (χ4n) is 1.69. The lowest BCUT2D eigenvalue weighted by Gasteiger charge is -2.36. The second kappa shape index (κ2) is 4.05. The van der Waals surface area contributed by atoms with Gasteiger partial charge in [0.25, 0.3) is 0 Å². The summed E-state index contributed by atoms with van der Waals surface area (Å²) in [7, 11) is -0.441. The Morgan fingerprint density at radius 1 is 1.31 bits per heavy atom. The van der Waals surface area contributed by atoms with Gasteiger partial charge in [0.05, 0.1) is 0 Å².